The zero-order valence-electron chi connectivity index (χ0n) is 9.26. The van der Waals surface area contributed by atoms with Gasteiger partial charge in [-0.25, -0.2) is 8.42 Å². The van der Waals surface area contributed by atoms with Crippen molar-refractivity contribution in [2.24, 2.45) is 5.73 Å². The van der Waals surface area contributed by atoms with Gasteiger partial charge in [0.2, 0.25) is 0 Å². The van der Waals surface area contributed by atoms with Gasteiger partial charge in [0.15, 0.2) is 4.21 Å². The second kappa shape index (κ2) is 5.40. The van der Waals surface area contributed by atoms with Crippen molar-refractivity contribution in [3.8, 4) is 0 Å². The first-order chi connectivity index (χ1) is 8.53. The number of halogens is 1. The van der Waals surface area contributed by atoms with Gasteiger partial charge in [0.1, 0.15) is 0 Å². The third-order valence-electron chi connectivity index (χ3n) is 2.27. The predicted molar refractivity (Wildman–Crippen MR) is 77.2 cm³/mol. The second-order valence-electron chi connectivity index (χ2n) is 3.56. The number of hydrogen-bond acceptors (Lipinski definition) is 4. The summed E-state index contributed by atoms with van der Waals surface area (Å²) in [6.45, 7) is 0.434. The van der Waals surface area contributed by atoms with Gasteiger partial charge in [-0.2, -0.15) is 0 Å². The van der Waals surface area contributed by atoms with E-state index in [1.54, 1.807) is 35.7 Å². The van der Waals surface area contributed by atoms with E-state index in [1.807, 2.05) is 0 Å². The van der Waals surface area contributed by atoms with E-state index in [-0.39, 0.29) is 4.21 Å². The van der Waals surface area contributed by atoms with Crippen LogP contribution in [0.25, 0.3) is 0 Å². The Kier molecular flexibility index (Phi) is 4.06. The highest BCUT2D eigenvalue weighted by Crippen LogP contribution is 2.29. The van der Waals surface area contributed by atoms with Gasteiger partial charge in [0.25, 0.3) is 10.0 Å². The minimum absolute atomic E-state index is 0.269. The van der Waals surface area contributed by atoms with Crippen LogP contribution in [0, 0.1) is 0 Å². The lowest BCUT2D eigenvalue weighted by Gasteiger charge is -2.07. The number of nitrogens with two attached hydrogens (primary N) is 1. The molecule has 0 saturated carbocycles. The maximum atomic E-state index is 12.1. The number of benzene rings is 1. The topological polar surface area (TPSA) is 72.2 Å². The Hall–Kier alpha value is -0.890. The fourth-order valence-electron chi connectivity index (χ4n) is 1.38. The van der Waals surface area contributed by atoms with E-state index < -0.39 is 10.0 Å². The van der Waals surface area contributed by atoms with E-state index in [2.05, 4.69) is 20.7 Å². The molecule has 2 rings (SSSR count). The highest BCUT2D eigenvalue weighted by molar-refractivity contribution is 9.10. The molecule has 0 radical (unpaired) electrons. The quantitative estimate of drug-likeness (QED) is 0.893. The zero-order valence-corrected chi connectivity index (χ0v) is 12.5. The molecule has 0 fully saturated rings. The summed E-state index contributed by atoms with van der Waals surface area (Å²) in [5.74, 6) is 0. The minimum atomic E-state index is -3.53. The fourth-order valence-corrected chi connectivity index (χ4v) is 4.78. The molecule has 0 amide bonds. The number of sulfonamides is 1. The molecule has 0 aliphatic heterocycles. The van der Waals surface area contributed by atoms with E-state index in [0.717, 1.165) is 5.56 Å². The van der Waals surface area contributed by atoms with Crippen LogP contribution >= 0.6 is 27.3 Å². The lowest BCUT2D eigenvalue weighted by Crippen LogP contribution is -2.12. The molecule has 1 heterocycles. The summed E-state index contributed by atoms with van der Waals surface area (Å²) in [5, 5.41) is 1.72. The Morgan fingerprint density at radius 3 is 2.39 bits per heavy atom. The Bertz CT molecular complexity index is 635. The van der Waals surface area contributed by atoms with Crippen molar-refractivity contribution in [2.45, 2.75) is 10.8 Å². The van der Waals surface area contributed by atoms with E-state index in [0.29, 0.717) is 16.7 Å². The Labute approximate surface area is 118 Å². The minimum Gasteiger partial charge on any atom is -0.326 e. The molecule has 0 atom stereocenters. The first-order valence-electron chi connectivity index (χ1n) is 5.08. The van der Waals surface area contributed by atoms with Crippen LogP contribution in [0.15, 0.2) is 44.4 Å². The van der Waals surface area contributed by atoms with Gasteiger partial charge < -0.3 is 5.73 Å². The largest absolute Gasteiger partial charge is 0.326 e. The number of rotatable bonds is 4. The normalized spacial score (nSPS) is 11.4. The first-order valence-corrected chi connectivity index (χ1v) is 8.23. The van der Waals surface area contributed by atoms with Gasteiger partial charge in [-0.05, 0) is 45.1 Å². The van der Waals surface area contributed by atoms with Gasteiger partial charge in [0.05, 0.1) is 0 Å². The van der Waals surface area contributed by atoms with Crippen LogP contribution < -0.4 is 10.5 Å². The molecule has 7 heteroatoms. The molecule has 1 aromatic carbocycles. The molecule has 0 unspecified atom stereocenters. The zero-order chi connectivity index (χ0) is 13.2. The van der Waals surface area contributed by atoms with Crippen LogP contribution in [0.4, 0.5) is 5.69 Å². The maximum absolute atomic E-state index is 12.1. The second-order valence-corrected chi connectivity index (χ2v) is 7.21. The van der Waals surface area contributed by atoms with Gasteiger partial charge in [-0.3, -0.25) is 4.72 Å². The maximum Gasteiger partial charge on any atom is 0.272 e. The summed E-state index contributed by atoms with van der Waals surface area (Å²) >= 11 is 4.38. The summed E-state index contributed by atoms with van der Waals surface area (Å²) < 4.78 is 27.5. The van der Waals surface area contributed by atoms with Crippen LogP contribution in [0.2, 0.25) is 0 Å². The van der Waals surface area contributed by atoms with E-state index in [9.17, 15) is 8.42 Å². The van der Waals surface area contributed by atoms with Crippen molar-refractivity contribution in [3.63, 3.8) is 0 Å². The third kappa shape index (κ3) is 2.92. The summed E-state index contributed by atoms with van der Waals surface area (Å²) in [5.41, 5.74) is 6.96. The van der Waals surface area contributed by atoms with Gasteiger partial charge in [0, 0.05) is 16.7 Å². The number of hydrogen-bond donors (Lipinski definition) is 2. The summed E-state index contributed by atoms with van der Waals surface area (Å²) in [6, 6.07) is 8.68. The molecule has 2 aromatic rings. The van der Waals surface area contributed by atoms with Gasteiger partial charge in [-0.15, -0.1) is 11.3 Å². The van der Waals surface area contributed by atoms with Crippen LogP contribution in [0.1, 0.15) is 5.56 Å². The van der Waals surface area contributed by atoms with Gasteiger partial charge in [-0.1, -0.05) is 12.1 Å². The predicted octanol–water partition coefficient (Wildman–Crippen LogP) is 2.77. The molecular weight excluding hydrogens is 336 g/mol. The molecule has 0 saturated heterocycles. The number of thiophene rings is 1. The molecule has 3 N–H and O–H groups in total. The van der Waals surface area contributed by atoms with Crippen molar-refractivity contribution >= 4 is 43.0 Å². The lowest BCUT2D eigenvalue weighted by atomic mass is 10.2. The van der Waals surface area contributed by atoms with E-state index in [1.165, 1.54) is 11.3 Å². The van der Waals surface area contributed by atoms with E-state index >= 15 is 0 Å². The van der Waals surface area contributed by atoms with Crippen molar-refractivity contribution in [3.05, 3.63) is 45.7 Å². The molecule has 0 spiro atoms. The SMILES string of the molecule is NCc1ccc(NS(=O)(=O)c2sccc2Br)cc1. The Morgan fingerprint density at radius 1 is 1.22 bits per heavy atom. The Morgan fingerprint density at radius 2 is 1.89 bits per heavy atom. The molecule has 4 nitrogen and oxygen atoms in total. The number of anilines is 1. The Balaban J connectivity index is 2.25. The lowest BCUT2D eigenvalue weighted by molar-refractivity contribution is 0.603. The van der Waals surface area contributed by atoms with Crippen molar-refractivity contribution < 1.29 is 8.42 Å². The highest BCUT2D eigenvalue weighted by atomic mass is 79.9. The van der Waals surface area contributed by atoms with Crippen LogP contribution in [-0.4, -0.2) is 8.42 Å². The smallest absolute Gasteiger partial charge is 0.272 e. The van der Waals surface area contributed by atoms with Crippen molar-refractivity contribution in [1.82, 2.24) is 0 Å². The standard InChI is InChI=1S/C11H11BrN2O2S2/c12-10-5-6-17-11(10)18(15,16)14-9-3-1-8(7-13)2-4-9/h1-6,14H,7,13H2. The van der Waals surface area contributed by atoms with E-state index in [4.69, 9.17) is 5.73 Å². The molecule has 0 aliphatic rings. The fraction of sp³-hybridized carbons (Fsp3) is 0.0909. The summed E-state index contributed by atoms with van der Waals surface area (Å²) in [4.78, 5) is 0. The average Bonchev–Trinajstić information content (AvgIpc) is 2.77. The molecular formula is C11H11BrN2O2S2. The van der Waals surface area contributed by atoms with Crippen molar-refractivity contribution in [2.75, 3.05) is 4.72 Å². The molecule has 1 aromatic heterocycles. The highest BCUT2D eigenvalue weighted by Gasteiger charge is 2.18. The van der Waals surface area contributed by atoms with Crippen LogP contribution in [0.5, 0.6) is 0 Å². The summed E-state index contributed by atoms with van der Waals surface area (Å²) in [6.07, 6.45) is 0. The van der Waals surface area contributed by atoms with Gasteiger partial charge >= 0.3 is 0 Å². The first kappa shape index (κ1) is 13.5. The van der Waals surface area contributed by atoms with Crippen LogP contribution in [0.3, 0.4) is 0 Å². The molecule has 0 bridgehead atoms. The summed E-state index contributed by atoms with van der Waals surface area (Å²) in [7, 11) is -3.53. The van der Waals surface area contributed by atoms with Crippen LogP contribution in [-0.2, 0) is 16.6 Å². The molecule has 96 valence electrons. The monoisotopic (exact) mass is 346 g/mol. The molecule has 18 heavy (non-hydrogen) atoms. The average molecular weight is 347 g/mol. The molecule has 0 aliphatic carbocycles. The number of nitrogens with one attached hydrogen (secondary N) is 1. The van der Waals surface area contributed by atoms with Crippen molar-refractivity contribution in [1.29, 1.82) is 0 Å². The third-order valence-corrected chi connectivity index (χ3v) is 6.32.